The fourth-order valence-electron chi connectivity index (χ4n) is 3.77. The number of nitrogens with zero attached hydrogens (tertiary/aromatic N) is 4. The summed E-state index contributed by atoms with van der Waals surface area (Å²) in [6, 6.07) is 17.7. The van der Waals surface area contributed by atoms with Crippen molar-refractivity contribution in [3.05, 3.63) is 66.1 Å². The smallest absolute Gasteiger partial charge is 0.277 e. The second kappa shape index (κ2) is 11.2. The summed E-state index contributed by atoms with van der Waals surface area (Å²) in [6.45, 7) is 6.94. The lowest BCUT2D eigenvalue weighted by atomic mass is 10.1. The van der Waals surface area contributed by atoms with Gasteiger partial charge in [0.25, 0.3) is 5.22 Å². The highest BCUT2D eigenvalue weighted by atomic mass is 32.2. The first kappa shape index (κ1) is 23.8. The molecule has 1 saturated heterocycles. The van der Waals surface area contributed by atoms with E-state index in [1.54, 1.807) is 0 Å². The summed E-state index contributed by atoms with van der Waals surface area (Å²) < 4.78 is 5.64. The minimum absolute atomic E-state index is 0.0313. The van der Waals surface area contributed by atoms with Gasteiger partial charge in [0.1, 0.15) is 0 Å². The maximum absolute atomic E-state index is 12.4. The molecule has 1 N–H and O–H groups in total. The molecule has 1 aliphatic heterocycles. The number of anilines is 2. The van der Waals surface area contributed by atoms with Crippen molar-refractivity contribution in [1.29, 1.82) is 0 Å². The summed E-state index contributed by atoms with van der Waals surface area (Å²) in [7, 11) is 0. The number of hydrogen-bond acceptors (Lipinski definition) is 7. The monoisotopic (exact) mass is 479 g/mol. The lowest BCUT2D eigenvalue weighted by Crippen LogP contribution is -2.49. The number of carbonyl (C=O) groups excluding carboxylic acids is 2. The molecule has 4 rings (SSSR count). The van der Waals surface area contributed by atoms with Crippen LogP contribution in [0, 0.1) is 5.92 Å². The summed E-state index contributed by atoms with van der Waals surface area (Å²) in [5.41, 5.74) is 2.91. The number of thioether (sulfide) groups is 1. The molecule has 0 spiro atoms. The third-order valence-corrected chi connectivity index (χ3v) is 6.39. The number of aromatic nitrogens is 2. The molecule has 0 saturated carbocycles. The molecule has 1 aliphatic rings. The predicted octanol–water partition coefficient (Wildman–Crippen LogP) is 3.70. The molecule has 9 heteroatoms. The Morgan fingerprint density at radius 3 is 2.38 bits per heavy atom. The highest BCUT2D eigenvalue weighted by Crippen LogP contribution is 2.21. The molecule has 2 aromatic carbocycles. The van der Waals surface area contributed by atoms with Gasteiger partial charge >= 0.3 is 0 Å². The fraction of sp³-hybridized carbons (Fsp3) is 0.360. The average molecular weight is 480 g/mol. The van der Waals surface area contributed by atoms with Gasteiger partial charge in [-0.3, -0.25) is 9.59 Å². The minimum Gasteiger partial charge on any atom is -0.416 e. The summed E-state index contributed by atoms with van der Waals surface area (Å²) in [5.74, 6) is 0.813. The summed E-state index contributed by atoms with van der Waals surface area (Å²) >= 11 is 1.22. The van der Waals surface area contributed by atoms with Crippen molar-refractivity contribution in [2.45, 2.75) is 25.5 Å². The Labute approximate surface area is 203 Å². The Hall–Kier alpha value is -3.33. The molecule has 0 radical (unpaired) electrons. The van der Waals surface area contributed by atoms with Crippen molar-refractivity contribution in [3.8, 4) is 0 Å². The van der Waals surface area contributed by atoms with E-state index in [1.807, 2.05) is 73.3 Å². The van der Waals surface area contributed by atoms with Crippen molar-refractivity contribution in [3.63, 3.8) is 0 Å². The van der Waals surface area contributed by atoms with E-state index < -0.39 is 0 Å². The van der Waals surface area contributed by atoms with Crippen molar-refractivity contribution in [1.82, 2.24) is 15.1 Å². The second-order valence-electron chi connectivity index (χ2n) is 8.47. The van der Waals surface area contributed by atoms with Gasteiger partial charge in [-0.1, -0.05) is 55.9 Å². The van der Waals surface area contributed by atoms with Crippen LogP contribution in [0.15, 0.2) is 64.2 Å². The number of piperazine rings is 1. The van der Waals surface area contributed by atoms with Crippen molar-refractivity contribution in [2.75, 3.05) is 42.1 Å². The van der Waals surface area contributed by atoms with E-state index in [4.69, 9.17) is 4.42 Å². The topological polar surface area (TPSA) is 91.6 Å². The van der Waals surface area contributed by atoms with Crippen LogP contribution in [-0.2, 0) is 16.0 Å². The van der Waals surface area contributed by atoms with Crippen molar-refractivity contribution >= 4 is 35.0 Å². The van der Waals surface area contributed by atoms with E-state index in [0.717, 1.165) is 43.1 Å². The Kier molecular flexibility index (Phi) is 7.84. The summed E-state index contributed by atoms with van der Waals surface area (Å²) in [6.07, 6.45) is 0.566. The molecule has 0 atom stereocenters. The van der Waals surface area contributed by atoms with Gasteiger partial charge in [0.05, 0.1) is 12.2 Å². The number of rotatable bonds is 8. The maximum Gasteiger partial charge on any atom is 0.277 e. The average Bonchev–Trinajstić information content (AvgIpc) is 3.31. The molecular weight excluding hydrogens is 450 g/mol. The van der Waals surface area contributed by atoms with Gasteiger partial charge in [-0.05, 0) is 29.8 Å². The Balaban J connectivity index is 1.22. The number of benzene rings is 2. The van der Waals surface area contributed by atoms with Gasteiger partial charge < -0.3 is 19.5 Å². The largest absolute Gasteiger partial charge is 0.416 e. The number of amides is 2. The Bertz CT molecular complexity index is 1090. The van der Waals surface area contributed by atoms with E-state index in [0.29, 0.717) is 17.5 Å². The van der Waals surface area contributed by atoms with Crippen molar-refractivity contribution < 1.29 is 14.0 Å². The Morgan fingerprint density at radius 1 is 1.00 bits per heavy atom. The van der Waals surface area contributed by atoms with E-state index in [9.17, 15) is 9.59 Å². The van der Waals surface area contributed by atoms with E-state index >= 15 is 0 Å². The lowest BCUT2D eigenvalue weighted by Gasteiger charge is -2.37. The van der Waals surface area contributed by atoms with E-state index in [-0.39, 0.29) is 23.5 Å². The molecule has 2 heterocycles. The first-order valence-electron chi connectivity index (χ1n) is 11.4. The normalized spacial score (nSPS) is 13.9. The van der Waals surface area contributed by atoms with Crippen LogP contribution >= 0.6 is 11.8 Å². The van der Waals surface area contributed by atoms with Crippen LogP contribution in [0.5, 0.6) is 0 Å². The standard InChI is InChI=1S/C25H29N5O3S/c1-18(2)24(32)30-14-12-29(13-15-30)21-10-8-20(9-11-21)26-22(31)17-34-25-28-27-23(33-25)16-19-6-4-3-5-7-19/h3-11,18H,12-17H2,1-2H3,(H,26,31). The molecule has 1 fully saturated rings. The van der Waals surface area contributed by atoms with Crippen LogP contribution in [0.4, 0.5) is 11.4 Å². The van der Waals surface area contributed by atoms with Gasteiger partial charge in [0.2, 0.25) is 17.7 Å². The fourth-order valence-corrected chi connectivity index (χ4v) is 4.35. The molecule has 0 unspecified atom stereocenters. The molecule has 0 bridgehead atoms. The maximum atomic E-state index is 12.4. The first-order chi connectivity index (χ1) is 16.5. The van der Waals surface area contributed by atoms with Crippen LogP contribution in [0.2, 0.25) is 0 Å². The van der Waals surface area contributed by atoms with Gasteiger partial charge in [-0.25, -0.2) is 0 Å². The molecule has 3 aromatic rings. The van der Waals surface area contributed by atoms with Crippen LogP contribution in [0.3, 0.4) is 0 Å². The molecular formula is C25H29N5O3S. The zero-order valence-electron chi connectivity index (χ0n) is 19.4. The minimum atomic E-state index is -0.138. The Morgan fingerprint density at radius 2 is 1.71 bits per heavy atom. The molecule has 178 valence electrons. The summed E-state index contributed by atoms with van der Waals surface area (Å²) in [4.78, 5) is 28.7. The lowest BCUT2D eigenvalue weighted by molar-refractivity contribution is -0.134. The molecule has 8 nitrogen and oxygen atoms in total. The van der Waals surface area contributed by atoms with E-state index in [2.05, 4.69) is 20.4 Å². The van der Waals surface area contributed by atoms with Gasteiger partial charge in [-0.2, -0.15) is 0 Å². The van der Waals surface area contributed by atoms with Crippen LogP contribution < -0.4 is 10.2 Å². The van der Waals surface area contributed by atoms with Crippen LogP contribution in [-0.4, -0.2) is 58.8 Å². The van der Waals surface area contributed by atoms with E-state index in [1.165, 1.54) is 11.8 Å². The quantitative estimate of drug-likeness (QED) is 0.493. The van der Waals surface area contributed by atoms with Gasteiger partial charge in [-0.15, -0.1) is 10.2 Å². The summed E-state index contributed by atoms with van der Waals surface area (Å²) in [5, 5.41) is 11.4. The number of nitrogens with one attached hydrogen (secondary N) is 1. The first-order valence-corrected chi connectivity index (χ1v) is 12.4. The van der Waals surface area contributed by atoms with Crippen LogP contribution in [0.1, 0.15) is 25.3 Å². The second-order valence-corrected chi connectivity index (χ2v) is 9.40. The SMILES string of the molecule is CC(C)C(=O)N1CCN(c2ccc(NC(=O)CSc3nnc(Cc4ccccc4)o3)cc2)CC1. The molecule has 34 heavy (non-hydrogen) atoms. The molecule has 1 aromatic heterocycles. The van der Waals surface area contributed by atoms with Gasteiger partial charge in [0.15, 0.2) is 0 Å². The highest BCUT2D eigenvalue weighted by molar-refractivity contribution is 7.99. The molecule has 0 aliphatic carbocycles. The van der Waals surface area contributed by atoms with Crippen LogP contribution in [0.25, 0.3) is 0 Å². The highest BCUT2D eigenvalue weighted by Gasteiger charge is 2.23. The third-order valence-electron chi connectivity index (χ3n) is 5.57. The molecule has 2 amide bonds. The predicted molar refractivity (Wildman–Crippen MR) is 133 cm³/mol. The van der Waals surface area contributed by atoms with Crippen molar-refractivity contribution in [2.24, 2.45) is 5.92 Å². The zero-order chi connectivity index (χ0) is 23.9. The number of carbonyl (C=O) groups is 2. The zero-order valence-corrected chi connectivity index (χ0v) is 20.3. The third kappa shape index (κ3) is 6.38. The van der Waals surface area contributed by atoms with Gasteiger partial charge in [0, 0.05) is 43.5 Å². The number of hydrogen-bond donors (Lipinski definition) is 1.